The fraction of sp³-hybridized carbons (Fsp3) is 0.478. The van der Waals surface area contributed by atoms with Crippen molar-refractivity contribution in [3.63, 3.8) is 0 Å². The third-order valence-corrected chi connectivity index (χ3v) is 6.27. The molecule has 1 aromatic rings. The standard InChI is InChI=1S/C23H29N3O/c24-22-25-23(19-12-6-2-7-13-19,20-14-8-3-9-15-20)21(27)26(22)17-16-18-10-4-1-5-11-18/h2,4-7,10-13,18,20H,1,3,8-9,14-17H2,(H2,24,25). The summed E-state index contributed by atoms with van der Waals surface area (Å²) in [6.45, 7) is 0.620. The number of nitrogens with two attached hydrogens (primary N) is 1. The summed E-state index contributed by atoms with van der Waals surface area (Å²) in [7, 11) is 0. The van der Waals surface area contributed by atoms with E-state index in [4.69, 9.17) is 10.7 Å². The molecule has 1 saturated carbocycles. The van der Waals surface area contributed by atoms with Gasteiger partial charge in [-0.2, -0.15) is 0 Å². The van der Waals surface area contributed by atoms with E-state index >= 15 is 0 Å². The van der Waals surface area contributed by atoms with Gasteiger partial charge < -0.3 is 5.73 Å². The van der Waals surface area contributed by atoms with Crippen LogP contribution in [0.15, 0.2) is 59.6 Å². The monoisotopic (exact) mass is 363 g/mol. The minimum atomic E-state index is -0.829. The van der Waals surface area contributed by atoms with E-state index in [1.807, 2.05) is 30.3 Å². The lowest BCUT2D eigenvalue weighted by Crippen LogP contribution is -2.47. The normalized spacial score (nSPS) is 26.6. The molecule has 4 heteroatoms. The summed E-state index contributed by atoms with van der Waals surface area (Å²) in [6, 6.07) is 10.1. The third-order valence-electron chi connectivity index (χ3n) is 6.27. The predicted octanol–water partition coefficient (Wildman–Crippen LogP) is 4.14. The van der Waals surface area contributed by atoms with Gasteiger partial charge in [0.2, 0.25) is 0 Å². The van der Waals surface area contributed by atoms with Crippen LogP contribution in [0.2, 0.25) is 0 Å². The molecule has 27 heavy (non-hydrogen) atoms. The Kier molecular flexibility index (Phi) is 5.15. The first-order valence-corrected chi connectivity index (χ1v) is 10.3. The van der Waals surface area contributed by atoms with Gasteiger partial charge in [-0.05, 0) is 43.1 Å². The van der Waals surface area contributed by atoms with Crippen LogP contribution < -0.4 is 5.73 Å². The molecule has 4 nitrogen and oxygen atoms in total. The molecule has 0 aromatic heterocycles. The summed E-state index contributed by atoms with van der Waals surface area (Å²) in [5.74, 6) is 1.07. The van der Waals surface area contributed by atoms with E-state index in [0.29, 0.717) is 18.4 Å². The van der Waals surface area contributed by atoms with Crippen LogP contribution in [-0.4, -0.2) is 23.3 Å². The van der Waals surface area contributed by atoms with E-state index in [9.17, 15) is 4.79 Å². The van der Waals surface area contributed by atoms with Crippen molar-refractivity contribution in [3.8, 4) is 0 Å². The maximum atomic E-state index is 13.7. The Hall–Kier alpha value is -2.36. The van der Waals surface area contributed by atoms with Gasteiger partial charge >= 0.3 is 0 Å². The number of aliphatic imine (C=N–C) groups is 1. The number of carbonyl (C=O) groups is 1. The highest BCUT2D eigenvalue weighted by Gasteiger charge is 2.53. The number of hydrogen-bond donors (Lipinski definition) is 1. The molecule has 2 aliphatic carbocycles. The Morgan fingerprint density at radius 1 is 1.07 bits per heavy atom. The van der Waals surface area contributed by atoms with Crippen LogP contribution in [0.4, 0.5) is 0 Å². The summed E-state index contributed by atoms with van der Waals surface area (Å²) < 4.78 is 0. The second kappa shape index (κ2) is 7.71. The summed E-state index contributed by atoms with van der Waals surface area (Å²) in [5.41, 5.74) is 6.48. The average molecular weight is 364 g/mol. The fourth-order valence-electron chi connectivity index (χ4n) is 4.84. The Morgan fingerprint density at radius 2 is 1.78 bits per heavy atom. The van der Waals surface area contributed by atoms with Crippen LogP contribution in [0.3, 0.4) is 0 Å². The SMILES string of the molecule is NC1=NC(c2ccccc2)(C2CCCCC2)C(=O)N1CCC1C=CCC=C1. The predicted molar refractivity (Wildman–Crippen MR) is 109 cm³/mol. The van der Waals surface area contributed by atoms with Crippen molar-refractivity contribution in [1.29, 1.82) is 0 Å². The quantitative estimate of drug-likeness (QED) is 0.799. The zero-order chi connectivity index (χ0) is 18.7. The molecule has 4 rings (SSSR count). The lowest BCUT2D eigenvalue weighted by molar-refractivity contribution is -0.134. The number of allylic oxidation sites excluding steroid dienone is 4. The molecule has 2 N–H and O–H groups in total. The summed E-state index contributed by atoms with van der Waals surface area (Å²) in [6.07, 6.45) is 16.4. The molecule has 1 atom stereocenters. The minimum absolute atomic E-state index is 0.0712. The molecule has 1 amide bonds. The van der Waals surface area contributed by atoms with Gasteiger partial charge in [-0.25, -0.2) is 4.99 Å². The van der Waals surface area contributed by atoms with E-state index in [0.717, 1.165) is 31.2 Å². The van der Waals surface area contributed by atoms with Gasteiger partial charge in [-0.15, -0.1) is 0 Å². The molecular weight excluding hydrogens is 334 g/mol. The molecule has 1 fully saturated rings. The van der Waals surface area contributed by atoms with Crippen LogP contribution in [0.5, 0.6) is 0 Å². The average Bonchev–Trinajstić information content (AvgIpc) is 2.99. The highest BCUT2D eigenvalue weighted by molar-refractivity contribution is 6.07. The van der Waals surface area contributed by atoms with E-state index in [-0.39, 0.29) is 11.8 Å². The van der Waals surface area contributed by atoms with Crippen LogP contribution >= 0.6 is 0 Å². The molecule has 0 saturated heterocycles. The van der Waals surface area contributed by atoms with Gasteiger partial charge in [-0.3, -0.25) is 9.69 Å². The van der Waals surface area contributed by atoms with E-state index in [2.05, 4.69) is 24.3 Å². The number of carbonyl (C=O) groups excluding carboxylic acids is 1. The van der Waals surface area contributed by atoms with Gasteiger partial charge in [0, 0.05) is 6.54 Å². The molecule has 1 unspecified atom stereocenters. The van der Waals surface area contributed by atoms with Gasteiger partial charge in [0.05, 0.1) is 0 Å². The lowest BCUT2D eigenvalue weighted by atomic mass is 9.71. The number of hydrogen-bond acceptors (Lipinski definition) is 3. The highest BCUT2D eigenvalue weighted by Crippen LogP contribution is 2.46. The van der Waals surface area contributed by atoms with Crippen molar-refractivity contribution in [2.45, 2.75) is 50.5 Å². The van der Waals surface area contributed by atoms with Gasteiger partial charge in [0.15, 0.2) is 11.5 Å². The molecular formula is C23H29N3O. The highest BCUT2D eigenvalue weighted by atomic mass is 16.2. The lowest BCUT2D eigenvalue weighted by Gasteiger charge is -2.36. The molecule has 142 valence electrons. The van der Waals surface area contributed by atoms with Crippen molar-refractivity contribution < 1.29 is 4.79 Å². The molecule has 0 bridgehead atoms. The van der Waals surface area contributed by atoms with Crippen molar-refractivity contribution in [1.82, 2.24) is 4.90 Å². The van der Waals surface area contributed by atoms with Crippen molar-refractivity contribution in [2.24, 2.45) is 22.6 Å². The van der Waals surface area contributed by atoms with Crippen LogP contribution in [-0.2, 0) is 10.3 Å². The number of guanidine groups is 1. The topological polar surface area (TPSA) is 58.7 Å². The van der Waals surface area contributed by atoms with Crippen LogP contribution in [0.25, 0.3) is 0 Å². The second-order valence-electron chi connectivity index (χ2n) is 7.94. The first kappa shape index (κ1) is 18.0. The van der Waals surface area contributed by atoms with Crippen molar-refractivity contribution in [3.05, 3.63) is 60.2 Å². The Labute approximate surface area is 161 Å². The summed E-state index contributed by atoms with van der Waals surface area (Å²) in [5, 5.41) is 0. The van der Waals surface area contributed by atoms with Crippen LogP contribution in [0, 0.1) is 11.8 Å². The second-order valence-corrected chi connectivity index (χ2v) is 7.94. The largest absolute Gasteiger partial charge is 0.369 e. The van der Waals surface area contributed by atoms with E-state index < -0.39 is 5.54 Å². The summed E-state index contributed by atoms with van der Waals surface area (Å²) in [4.78, 5) is 20.3. The molecule has 0 radical (unpaired) electrons. The summed E-state index contributed by atoms with van der Waals surface area (Å²) >= 11 is 0. The molecule has 1 heterocycles. The number of benzene rings is 1. The van der Waals surface area contributed by atoms with E-state index in [1.165, 1.54) is 19.3 Å². The van der Waals surface area contributed by atoms with Crippen LogP contribution in [0.1, 0.15) is 50.5 Å². The zero-order valence-corrected chi connectivity index (χ0v) is 15.9. The molecule has 1 aliphatic heterocycles. The fourth-order valence-corrected chi connectivity index (χ4v) is 4.84. The minimum Gasteiger partial charge on any atom is -0.369 e. The number of amides is 1. The first-order valence-electron chi connectivity index (χ1n) is 10.3. The van der Waals surface area contributed by atoms with Gasteiger partial charge in [0.1, 0.15) is 0 Å². The van der Waals surface area contributed by atoms with Gasteiger partial charge in [0.25, 0.3) is 5.91 Å². The van der Waals surface area contributed by atoms with E-state index in [1.54, 1.807) is 4.90 Å². The maximum absolute atomic E-state index is 13.7. The number of nitrogens with zero attached hydrogens (tertiary/aromatic N) is 2. The molecule has 3 aliphatic rings. The Morgan fingerprint density at radius 3 is 2.48 bits per heavy atom. The zero-order valence-electron chi connectivity index (χ0n) is 15.9. The molecule has 0 spiro atoms. The first-order chi connectivity index (χ1) is 13.2. The smallest absolute Gasteiger partial charge is 0.262 e. The van der Waals surface area contributed by atoms with Crippen molar-refractivity contribution >= 4 is 11.9 Å². The Balaban J connectivity index is 1.61. The third kappa shape index (κ3) is 3.33. The number of rotatable bonds is 5. The molecule has 1 aromatic carbocycles. The maximum Gasteiger partial charge on any atom is 0.262 e. The van der Waals surface area contributed by atoms with Crippen molar-refractivity contribution in [2.75, 3.05) is 6.54 Å². The van der Waals surface area contributed by atoms with Gasteiger partial charge in [-0.1, -0.05) is 73.9 Å². The Bertz CT molecular complexity index is 749.